The number of hydrogen-bond donors (Lipinski definition) is 2. The number of nitrogens with two attached hydrogens (primary N) is 2. The minimum Gasteiger partial charge on any atom is -0.382 e. The van der Waals surface area contributed by atoms with Gasteiger partial charge in [0.05, 0.1) is 11.2 Å². The summed E-state index contributed by atoms with van der Waals surface area (Å²) < 4.78 is 16.0. The summed E-state index contributed by atoms with van der Waals surface area (Å²) >= 11 is 0. The zero-order chi connectivity index (χ0) is 22.4. The molecule has 1 saturated heterocycles. The van der Waals surface area contributed by atoms with Gasteiger partial charge in [-0.2, -0.15) is 5.10 Å². The van der Waals surface area contributed by atoms with Crippen molar-refractivity contribution in [3.8, 4) is 22.3 Å². The van der Waals surface area contributed by atoms with Crippen LogP contribution < -0.4 is 16.4 Å². The second-order valence-corrected chi connectivity index (χ2v) is 8.70. The third kappa shape index (κ3) is 3.69. The Morgan fingerprint density at radius 1 is 1.03 bits per heavy atom. The van der Waals surface area contributed by atoms with E-state index in [9.17, 15) is 4.39 Å². The number of benzene rings is 2. The predicted molar refractivity (Wildman–Crippen MR) is 128 cm³/mol. The third-order valence-electron chi connectivity index (χ3n) is 6.22. The van der Waals surface area contributed by atoms with E-state index >= 15 is 0 Å². The Hall–Kier alpha value is -3.45. The molecule has 164 valence electrons. The van der Waals surface area contributed by atoms with E-state index in [0.29, 0.717) is 5.82 Å². The Morgan fingerprint density at radius 3 is 2.50 bits per heavy atom. The molecule has 0 atom stereocenters. The van der Waals surface area contributed by atoms with Crippen LogP contribution in [0.3, 0.4) is 0 Å². The van der Waals surface area contributed by atoms with Crippen LogP contribution in [0.2, 0.25) is 0 Å². The Balaban J connectivity index is 1.75. The normalized spacial score (nSPS) is 14.9. The topological polar surface area (TPSA) is 86.0 Å². The first-order valence-electron chi connectivity index (χ1n) is 10.9. The Bertz CT molecular complexity index is 1280. The largest absolute Gasteiger partial charge is 0.382 e. The molecular weight excluding hydrogens is 403 g/mol. The van der Waals surface area contributed by atoms with Gasteiger partial charge in [0.25, 0.3) is 0 Å². The van der Waals surface area contributed by atoms with Crippen molar-refractivity contribution < 1.29 is 4.39 Å². The fourth-order valence-corrected chi connectivity index (χ4v) is 4.64. The molecule has 0 radical (unpaired) electrons. The number of pyridine rings is 1. The van der Waals surface area contributed by atoms with Crippen LogP contribution in [0.4, 0.5) is 15.9 Å². The van der Waals surface area contributed by atoms with Gasteiger partial charge in [-0.15, -0.1) is 0 Å². The van der Waals surface area contributed by atoms with Crippen molar-refractivity contribution >= 4 is 22.4 Å². The molecule has 0 saturated carbocycles. The van der Waals surface area contributed by atoms with Gasteiger partial charge in [-0.05, 0) is 60.7 Å². The molecule has 0 bridgehead atoms. The molecule has 0 aliphatic carbocycles. The maximum absolute atomic E-state index is 14.3. The monoisotopic (exact) mass is 430 g/mol. The maximum atomic E-state index is 14.3. The first-order chi connectivity index (χ1) is 15.4. The van der Waals surface area contributed by atoms with Crippen LogP contribution in [0.15, 0.2) is 48.8 Å². The zero-order valence-electron chi connectivity index (χ0n) is 18.3. The lowest BCUT2D eigenvalue weighted by atomic mass is 9.96. The van der Waals surface area contributed by atoms with E-state index in [0.717, 1.165) is 70.3 Å². The van der Waals surface area contributed by atoms with Crippen molar-refractivity contribution in [3.05, 3.63) is 60.2 Å². The first-order valence-corrected chi connectivity index (χ1v) is 10.9. The number of nitrogen functional groups attached to an aromatic ring is 1. The Kier molecular flexibility index (Phi) is 5.06. The van der Waals surface area contributed by atoms with Crippen LogP contribution in [0, 0.1) is 12.7 Å². The van der Waals surface area contributed by atoms with Crippen molar-refractivity contribution in [3.63, 3.8) is 0 Å². The molecule has 6 nitrogen and oxygen atoms in total. The average molecular weight is 431 g/mol. The SMILES string of the molecule is Cc1cc(F)cc(-c2cnc3ccc(-c4cn(C)nc4N)cc3c2N2CCC(N)CC2)c1. The molecular formula is C25H27FN6. The van der Waals surface area contributed by atoms with Crippen molar-refractivity contribution in [2.24, 2.45) is 12.8 Å². The van der Waals surface area contributed by atoms with Gasteiger partial charge in [-0.25, -0.2) is 4.39 Å². The van der Waals surface area contributed by atoms with Crippen LogP contribution in [0.5, 0.6) is 0 Å². The molecule has 1 aliphatic heterocycles. The average Bonchev–Trinajstić information content (AvgIpc) is 3.10. The number of anilines is 2. The molecule has 5 rings (SSSR count). The van der Waals surface area contributed by atoms with Gasteiger partial charge >= 0.3 is 0 Å². The second-order valence-electron chi connectivity index (χ2n) is 8.70. The Morgan fingerprint density at radius 2 is 1.81 bits per heavy atom. The van der Waals surface area contributed by atoms with Crippen LogP contribution in [0.1, 0.15) is 18.4 Å². The summed E-state index contributed by atoms with van der Waals surface area (Å²) in [6, 6.07) is 11.5. The van der Waals surface area contributed by atoms with Crippen molar-refractivity contribution in [1.29, 1.82) is 0 Å². The molecule has 32 heavy (non-hydrogen) atoms. The van der Waals surface area contributed by atoms with Crippen LogP contribution in [0.25, 0.3) is 33.2 Å². The highest BCUT2D eigenvalue weighted by atomic mass is 19.1. The number of halogens is 1. The van der Waals surface area contributed by atoms with E-state index in [-0.39, 0.29) is 11.9 Å². The first kappa shape index (κ1) is 20.5. The summed E-state index contributed by atoms with van der Waals surface area (Å²) in [5.41, 5.74) is 18.8. The zero-order valence-corrected chi connectivity index (χ0v) is 18.3. The van der Waals surface area contributed by atoms with E-state index < -0.39 is 0 Å². The lowest BCUT2D eigenvalue weighted by molar-refractivity contribution is 0.502. The minimum absolute atomic E-state index is 0.213. The van der Waals surface area contributed by atoms with Gasteiger partial charge in [-0.3, -0.25) is 9.67 Å². The highest BCUT2D eigenvalue weighted by Crippen LogP contribution is 2.40. The maximum Gasteiger partial charge on any atom is 0.153 e. The summed E-state index contributed by atoms with van der Waals surface area (Å²) in [7, 11) is 1.86. The summed E-state index contributed by atoms with van der Waals surface area (Å²) in [6.07, 6.45) is 5.61. The smallest absolute Gasteiger partial charge is 0.153 e. The highest BCUT2D eigenvalue weighted by Gasteiger charge is 2.23. The number of rotatable bonds is 3. The van der Waals surface area contributed by atoms with Crippen molar-refractivity contribution in [1.82, 2.24) is 14.8 Å². The number of hydrogen-bond acceptors (Lipinski definition) is 5. The summed E-state index contributed by atoms with van der Waals surface area (Å²) in [4.78, 5) is 7.08. The lowest BCUT2D eigenvalue weighted by Crippen LogP contribution is -2.40. The molecule has 2 aromatic carbocycles. The van der Waals surface area contributed by atoms with Crippen LogP contribution in [-0.2, 0) is 7.05 Å². The van der Waals surface area contributed by atoms with Gasteiger partial charge in [0, 0.05) is 55.1 Å². The van der Waals surface area contributed by atoms with Crippen LogP contribution >= 0.6 is 0 Å². The Labute approximate surface area is 186 Å². The molecule has 4 aromatic rings. The molecule has 2 aromatic heterocycles. The van der Waals surface area contributed by atoms with Gasteiger partial charge in [0.15, 0.2) is 5.82 Å². The summed E-state index contributed by atoms with van der Waals surface area (Å²) in [5, 5.41) is 5.30. The number of nitrogens with zero attached hydrogens (tertiary/aromatic N) is 4. The number of piperidine rings is 1. The number of aryl methyl sites for hydroxylation is 2. The van der Waals surface area contributed by atoms with Gasteiger partial charge in [0.1, 0.15) is 5.82 Å². The molecule has 1 fully saturated rings. The van der Waals surface area contributed by atoms with E-state index in [1.807, 2.05) is 44.6 Å². The highest BCUT2D eigenvalue weighted by molar-refractivity contribution is 6.02. The van der Waals surface area contributed by atoms with Gasteiger partial charge in [-0.1, -0.05) is 12.1 Å². The van der Waals surface area contributed by atoms with E-state index in [1.54, 1.807) is 16.8 Å². The quantitative estimate of drug-likeness (QED) is 0.507. The fourth-order valence-electron chi connectivity index (χ4n) is 4.64. The van der Waals surface area contributed by atoms with Crippen molar-refractivity contribution in [2.75, 3.05) is 23.7 Å². The number of fused-ring (bicyclic) bond motifs is 1. The van der Waals surface area contributed by atoms with Gasteiger partial charge in [0.2, 0.25) is 0 Å². The molecule has 7 heteroatoms. The minimum atomic E-state index is -0.247. The molecule has 0 unspecified atom stereocenters. The second kappa shape index (κ2) is 7.91. The van der Waals surface area contributed by atoms with Crippen molar-refractivity contribution in [2.45, 2.75) is 25.8 Å². The molecule has 4 N–H and O–H groups in total. The van der Waals surface area contributed by atoms with E-state index in [4.69, 9.17) is 16.5 Å². The van der Waals surface area contributed by atoms with Crippen LogP contribution in [-0.4, -0.2) is 33.9 Å². The summed E-state index contributed by atoms with van der Waals surface area (Å²) in [5.74, 6) is 0.241. The van der Waals surface area contributed by atoms with Gasteiger partial charge < -0.3 is 16.4 Å². The molecule has 0 amide bonds. The van der Waals surface area contributed by atoms with E-state index in [1.165, 1.54) is 0 Å². The molecule has 3 heterocycles. The molecule has 0 spiro atoms. The standard InChI is InChI=1S/C25H27FN6/c1-15-9-17(11-18(26)10-15)21-13-29-23-4-3-16(22-14-31(2)30-25(22)28)12-20(23)24(21)32-7-5-19(27)6-8-32/h3-4,9-14,19H,5-8,27H2,1-2H3,(H2,28,30). The summed E-state index contributed by atoms with van der Waals surface area (Å²) in [6.45, 7) is 3.60. The lowest BCUT2D eigenvalue weighted by Gasteiger charge is -2.34. The van der Waals surface area contributed by atoms with E-state index in [2.05, 4.69) is 16.1 Å². The molecule has 1 aliphatic rings. The fraction of sp³-hybridized carbons (Fsp3) is 0.280. The number of aromatic nitrogens is 3. The third-order valence-corrected chi connectivity index (χ3v) is 6.22. The predicted octanol–water partition coefficient (Wildman–Crippen LogP) is 4.26.